The maximum atomic E-state index is 5.56. The quantitative estimate of drug-likeness (QED) is 0.267. The van der Waals surface area contributed by atoms with E-state index in [1.54, 1.807) is 0 Å². The summed E-state index contributed by atoms with van der Waals surface area (Å²) in [5.74, 6) is 0. The average Bonchev–Trinajstić information content (AvgIpc) is 3.58. The topological polar surface area (TPSA) is 84.9 Å². The van der Waals surface area contributed by atoms with Gasteiger partial charge in [-0.25, -0.2) is 0 Å². The Hall–Kier alpha value is -1.14. The molecule has 0 N–H and O–H groups in total. The second-order valence-corrected chi connectivity index (χ2v) is 11.5. The first-order valence-corrected chi connectivity index (χ1v) is 13.7. The van der Waals surface area contributed by atoms with Gasteiger partial charge in [0, 0.05) is 58.9 Å². The molecule has 36 heavy (non-hydrogen) atoms. The lowest BCUT2D eigenvalue weighted by molar-refractivity contribution is 0.207. The van der Waals surface area contributed by atoms with Gasteiger partial charge in [-0.2, -0.15) is 0 Å². The Morgan fingerprint density at radius 2 is 0.611 bits per heavy atom. The number of nitrogens with zero attached hydrogens (tertiary/aromatic N) is 3. The van der Waals surface area contributed by atoms with Crippen LogP contribution in [0.4, 0.5) is 0 Å². The summed E-state index contributed by atoms with van der Waals surface area (Å²) in [6.45, 7) is 14.0. The van der Waals surface area contributed by atoms with Gasteiger partial charge in [0.2, 0.25) is 0 Å². The maximum absolute atomic E-state index is 5.56. The number of hydrogen-bond donors (Lipinski definition) is 0. The molecule has 0 radical (unpaired) electrons. The zero-order chi connectivity index (χ0) is 23.9. The van der Waals surface area contributed by atoms with Crippen molar-refractivity contribution < 1.29 is 28.4 Å². The van der Waals surface area contributed by atoms with Crippen LogP contribution in [0.15, 0.2) is 18.2 Å². The van der Waals surface area contributed by atoms with Crippen molar-refractivity contribution >= 4 is 0 Å². The van der Waals surface area contributed by atoms with Gasteiger partial charge in [0.15, 0.2) is 0 Å². The first kappa shape index (κ1) is 23.9. The number of rotatable bonds is 18. The van der Waals surface area contributed by atoms with Crippen LogP contribution in [-0.2, 0) is 48.1 Å². The van der Waals surface area contributed by atoms with E-state index in [2.05, 4.69) is 32.9 Å². The summed E-state index contributed by atoms with van der Waals surface area (Å²) >= 11 is 0. The smallest absolute Gasteiger partial charge is 0.0936 e. The Morgan fingerprint density at radius 3 is 0.778 bits per heavy atom. The molecule has 198 valence electrons. The fourth-order valence-electron chi connectivity index (χ4n) is 5.27. The van der Waals surface area contributed by atoms with E-state index < -0.39 is 0 Å². The molecule has 9 heteroatoms. The Balaban J connectivity index is 1.09. The van der Waals surface area contributed by atoms with E-state index in [-0.39, 0.29) is 0 Å². The molecular weight excluding hydrogens is 462 g/mol. The lowest BCUT2D eigenvalue weighted by atomic mass is 10.0. The molecule has 1 aromatic carbocycles. The van der Waals surface area contributed by atoms with Crippen molar-refractivity contribution in [2.75, 3.05) is 78.9 Å². The predicted octanol–water partition coefficient (Wildman–Crippen LogP) is 0.485. The van der Waals surface area contributed by atoms with Gasteiger partial charge in [-0.1, -0.05) is 18.2 Å². The molecule has 9 nitrogen and oxygen atoms in total. The van der Waals surface area contributed by atoms with Gasteiger partial charge in [0.25, 0.3) is 0 Å². The first-order valence-electron chi connectivity index (χ1n) is 13.7. The highest BCUT2D eigenvalue weighted by atomic mass is 16.6. The third-order valence-electron chi connectivity index (χ3n) is 7.52. The van der Waals surface area contributed by atoms with Crippen LogP contribution in [0.1, 0.15) is 16.7 Å². The van der Waals surface area contributed by atoms with E-state index >= 15 is 0 Å². The molecule has 7 rings (SSSR count). The largest absolute Gasteiger partial charge is 0.372 e. The molecular formula is C27H39N3O6. The minimum absolute atomic E-state index is 0.381. The molecule has 6 heterocycles. The van der Waals surface area contributed by atoms with Crippen LogP contribution in [0.2, 0.25) is 0 Å². The highest BCUT2D eigenvalue weighted by Gasteiger charge is 2.33. The summed E-state index contributed by atoms with van der Waals surface area (Å²) in [5, 5.41) is 0. The van der Waals surface area contributed by atoms with Gasteiger partial charge in [0.1, 0.15) is 0 Å². The molecule has 6 atom stereocenters. The number of hydrogen-bond acceptors (Lipinski definition) is 9. The molecule has 0 aromatic heterocycles. The normalized spacial score (nSPS) is 33.4. The number of epoxide rings is 6. The molecule has 6 saturated heterocycles. The maximum Gasteiger partial charge on any atom is 0.0936 e. The highest BCUT2D eigenvalue weighted by Crippen LogP contribution is 2.24. The summed E-state index contributed by atoms with van der Waals surface area (Å²) in [7, 11) is 0. The predicted molar refractivity (Wildman–Crippen MR) is 131 cm³/mol. The molecule has 0 spiro atoms. The van der Waals surface area contributed by atoms with Gasteiger partial charge in [0.05, 0.1) is 76.3 Å². The van der Waals surface area contributed by atoms with Gasteiger partial charge < -0.3 is 28.4 Å². The summed E-state index contributed by atoms with van der Waals surface area (Å²) in [5.41, 5.74) is 4.12. The molecule has 0 aliphatic carbocycles. The second kappa shape index (κ2) is 10.6. The van der Waals surface area contributed by atoms with Crippen LogP contribution >= 0.6 is 0 Å². The Kier molecular flexibility index (Phi) is 7.02. The molecule has 6 aliphatic heterocycles. The van der Waals surface area contributed by atoms with E-state index in [0.29, 0.717) is 36.6 Å². The molecule has 0 amide bonds. The highest BCUT2D eigenvalue weighted by molar-refractivity contribution is 5.31. The van der Waals surface area contributed by atoms with Crippen LogP contribution in [0.5, 0.6) is 0 Å². The SMILES string of the molecule is c1c(CN(CC2CO2)CC2CO2)cc(CN(CC2CO2)C[C@@H]2CO2)cc1CN(CC1CO1)CC1CO1. The van der Waals surface area contributed by atoms with Crippen molar-refractivity contribution in [3.05, 3.63) is 34.9 Å². The third-order valence-corrected chi connectivity index (χ3v) is 7.52. The van der Waals surface area contributed by atoms with Crippen LogP contribution < -0.4 is 0 Å². The van der Waals surface area contributed by atoms with Crippen molar-refractivity contribution in [3.8, 4) is 0 Å². The Labute approximate surface area is 213 Å². The molecule has 6 aliphatic rings. The summed E-state index contributed by atoms with van der Waals surface area (Å²) < 4.78 is 33.4. The van der Waals surface area contributed by atoms with Crippen molar-refractivity contribution in [1.82, 2.24) is 14.7 Å². The average molecular weight is 502 g/mol. The van der Waals surface area contributed by atoms with Crippen molar-refractivity contribution in [2.45, 2.75) is 56.3 Å². The fraction of sp³-hybridized carbons (Fsp3) is 0.778. The van der Waals surface area contributed by atoms with Crippen molar-refractivity contribution in [1.29, 1.82) is 0 Å². The van der Waals surface area contributed by atoms with Crippen LogP contribution in [0, 0.1) is 0 Å². The Morgan fingerprint density at radius 1 is 0.417 bits per heavy atom. The standard InChI is InChI=1S/C27H39N3O6/c1-19(4-28(7-22-13-31-22)8-23-14-32-23)2-21(6-30(11-26-17-35-26)12-27-18-36-27)3-20(1)5-29(9-24-15-33-24)10-25-16-34-25/h1-3,22-27H,4-18H2/t22-,23?,24?,25?,26?,27?/m1/s1. The minimum Gasteiger partial charge on any atom is -0.372 e. The monoisotopic (exact) mass is 501 g/mol. The molecule has 0 bridgehead atoms. The first-order chi connectivity index (χ1) is 17.7. The van der Waals surface area contributed by atoms with Crippen molar-refractivity contribution in [2.24, 2.45) is 0 Å². The second-order valence-electron chi connectivity index (χ2n) is 11.5. The summed E-state index contributed by atoms with van der Waals surface area (Å²) in [6.07, 6.45) is 2.29. The van der Waals surface area contributed by atoms with Gasteiger partial charge in [-0.15, -0.1) is 0 Å². The van der Waals surface area contributed by atoms with E-state index in [0.717, 1.165) is 98.5 Å². The van der Waals surface area contributed by atoms with Gasteiger partial charge >= 0.3 is 0 Å². The lowest BCUT2D eigenvalue weighted by Gasteiger charge is -2.25. The van der Waals surface area contributed by atoms with Crippen molar-refractivity contribution in [3.63, 3.8) is 0 Å². The third kappa shape index (κ3) is 7.93. The van der Waals surface area contributed by atoms with Gasteiger partial charge in [-0.05, 0) is 16.7 Å². The van der Waals surface area contributed by atoms with Crippen LogP contribution in [-0.4, -0.2) is 130 Å². The molecule has 6 fully saturated rings. The van der Waals surface area contributed by atoms with E-state index in [1.807, 2.05) is 0 Å². The molecule has 1 aromatic rings. The molecule has 0 saturated carbocycles. The number of ether oxygens (including phenoxy) is 6. The number of benzene rings is 1. The Bertz CT molecular complexity index is 727. The lowest BCUT2D eigenvalue weighted by Crippen LogP contribution is -2.33. The summed E-state index contributed by atoms with van der Waals surface area (Å²) in [4.78, 5) is 7.54. The van der Waals surface area contributed by atoms with Crippen LogP contribution in [0.3, 0.4) is 0 Å². The minimum atomic E-state index is 0.381. The zero-order valence-electron chi connectivity index (χ0n) is 21.1. The van der Waals surface area contributed by atoms with E-state index in [1.165, 1.54) is 16.7 Å². The van der Waals surface area contributed by atoms with E-state index in [4.69, 9.17) is 28.4 Å². The fourth-order valence-corrected chi connectivity index (χ4v) is 5.27. The van der Waals surface area contributed by atoms with Gasteiger partial charge in [-0.3, -0.25) is 14.7 Å². The van der Waals surface area contributed by atoms with Crippen LogP contribution in [0.25, 0.3) is 0 Å². The summed E-state index contributed by atoms with van der Waals surface area (Å²) in [6, 6.07) is 7.22. The molecule has 5 unspecified atom stereocenters. The van der Waals surface area contributed by atoms with E-state index in [9.17, 15) is 0 Å². The zero-order valence-corrected chi connectivity index (χ0v) is 21.1.